The first-order valence-electron chi connectivity index (χ1n) is 7.34. The molecule has 0 radical (unpaired) electrons. The summed E-state index contributed by atoms with van der Waals surface area (Å²) in [4.78, 5) is 0. The van der Waals surface area contributed by atoms with Gasteiger partial charge in [-0.2, -0.15) is 5.10 Å². The topological polar surface area (TPSA) is 38.0 Å². The van der Waals surface area contributed by atoms with E-state index in [9.17, 15) is 5.11 Å². The van der Waals surface area contributed by atoms with Gasteiger partial charge in [-0.3, -0.25) is 4.68 Å². The molecule has 108 valence electrons. The second kappa shape index (κ2) is 5.57. The fraction of sp³-hybridized carbons (Fsp3) is 0.800. The zero-order valence-corrected chi connectivity index (χ0v) is 13.9. The zero-order chi connectivity index (χ0) is 14.2. The molecule has 0 bridgehead atoms. The van der Waals surface area contributed by atoms with Crippen molar-refractivity contribution in [1.82, 2.24) is 9.78 Å². The van der Waals surface area contributed by atoms with Gasteiger partial charge in [0.2, 0.25) is 0 Å². The maximum absolute atomic E-state index is 11.4. The molecular weight excluding hydrogens is 304 g/mol. The fourth-order valence-corrected chi connectivity index (χ4v) is 4.32. The van der Waals surface area contributed by atoms with Crippen molar-refractivity contribution in [3.8, 4) is 0 Å². The molecule has 3 nitrogen and oxygen atoms in total. The summed E-state index contributed by atoms with van der Waals surface area (Å²) in [6.45, 7) is 9.53. The number of aliphatic hydroxyl groups is 1. The van der Waals surface area contributed by atoms with Crippen molar-refractivity contribution in [2.45, 2.75) is 59.1 Å². The van der Waals surface area contributed by atoms with E-state index in [2.05, 4.69) is 48.7 Å². The van der Waals surface area contributed by atoms with Crippen molar-refractivity contribution in [2.75, 3.05) is 0 Å². The average Bonchev–Trinajstić information content (AvgIpc) is 2.70. The summed E-state index contributed by atoms with van der Waals surface area (Å²) in [6, 6.07) is 0. The second-order valence-corrected chi connectivity index (χ2v) is 7.17. The van der Waals surface area contributed by atoms with Crippen LogP contribution < -0.4 is 0 Å². The third-order valence-corrected chi connectivity index (χ3v) is 5.13. The smallest absolute Gasteiger partial charge is 0.111 e. The van der Waals surface area contributed by atoms with Gasteiger partial charge in [0, 0.05) is 6.54 Å². The van der Waals surface area contributed by atoms with E-state index in [1.807, 2.05) is 10.9 Å². The number of rotatable bonds is 3. The van der Waals surface area contributed by atoms with Crippen LogP contribution in [0.1, 0.15) is 52.7 Å². The number of hydrogen-bond acceptors (Lipinski definition) is 2. The Kier molecular flexibility index (Phi) is 4.41. The van der Waals surface area contributed by atoms with Crippen molar-refractivity contribution in [3.05, 3.63) is 16.4 Å². The molecule has 0 amide bonds. The van der Waals surface area contributed by atoms with Crippen LogP contribution in [-0.2, 0) is 12.1 Å². The third-order valence-electron chi connectivity index (χ3n) is 4.55. The molecule has 1 aliphatic rings. The van der Waals surface area contributed by atoms with Gasteiger partial charge in [-0.1, -0.05) is 27.2 Å². The largest absolute Gasteiger partial charge is 0.383 e. The van der Waals surface area contributed by atoms with Crippen molar-refractivity contribution >= 4 is 15.9 Å². The lowest BCUT2D eigenvalue weighted by atomic mass is 9.65. The highest BCUT2D eigenvalue weighted by atomic mass is 79.9. The number of hydrogen-bond donors (Lipinski definition) is 1. The highest BCUT2D eigenvalue weighted by molar-refractivity contribution is 9.10. The number of aromatic nitrogens is 2. The molecule has 1 aromatic rings. The maximum Gasteiger partial charge on any atom is 0.111 e. The number of halogens is 1. The lowest BCUT2D eigenvalue weighted by molar-refractivity contribution is -0.0930. The Labute approximate surface area is 124 Å². The Morgan fingerprint density at radius 2 is 2.21 bits per heavy atom. The monoisotopic (exact) mass is 328 g/mol. The van der Waals surface area contributed by atoms with Gasteiger partial charge >= 0.3 is 0 Å². The Morgan fingerprint density at radius 1 is 1.53 bits per heavy atom. The summed E-state index contributed by atoms with van der Waals surface area (Å²) in [5, 5.41) is 15.8. The van der Waals surface area contributed by atoms with E-state index < -0.39 is 5.60 Å². The number of nitrogens with zero attached hydrogens (tertiary/aromatic N) is 2. The molecule has 1 heterocycles. The average molecular weight is 329 g/mol. The van der Waals surface area contributed by atoms with Gasteiger partial charge in [0.05, 0.1) is 16.4 Å². The van der Waals surface area contributed by atoms with Crippen LogP contribution in [0.25, 0.3) is 0 Å². The number of aryl methyl sites for hydroxylation is 1. The van der Waals surface area contributed by atoms with E-state index in [0.717, 1.165) is 29.6 Å². The van der Waals surface area contributed by atoms with Crippen molar-refractivity contribution in [1.29, 1.82) is 0 Å². The first-order chi connectivity index (χ1) is 8.90. The van der Waals surface area contributed by atoms with Gasteiger partial charge in [0.1, 0.15) is 5.60 Å². The molecule has 0 saturated heterocycles. The molecule has 19 heavy (non-hydrogen) atoms. The summed E-state index contributed by atoms with van der Waals surface area (Å²) in [7, 11) is 0. The minimum absolute atomic E-state index is 0.307. The summed E-state index contributed by atoms with van der Waals surface area (Å²) < 4.78 is 2.88. The molecule has 3 atom stereocenters. The van der Waals surface area contributed by atoms with E-state index in [4.69, 9.17) is 0 Å². The van der Waals surface area contributed by atoms with Gasteiger partial charge in [0.25, 0.3) is 0 Å². The van der Waals surface area contributed by atoms with E-state index >= 15 is 0 Å². The Bertz CT molecular complexity index is 443. The maximum atomic E-state index is 11.4. The molecule has 1 saturated carbocycles. The first-order valence-corrected chi connectivity index (χ1v) is 8.13. The molecular formula is C15H25BrN2O. The summed E-state index contributed by atoms with van der Waals surface area (Å²) in [5.41, 5.74) is 0.220. The summed E-state index contributed by atoms with van der Waals surface area (Å²) in [5.74, 6) is 1.35. The van der Waals surface area contributed by atoms with Crippen molar-refractivity contribution in [3.63, 3.8) is 0 Å². The standard InChI is InChI=1S/C15H25BrN2O/c1-5-18-14(13(16)9-17-18)15(19)8-11(4)6-7-12(15)10(2)3/h9-12,19H,5-8H2,1-4H3. The Morgan fingerprint density at radius 3 is 2.79 bits per heavy atom. The van der Waals surface area contributed by atoms with Crippen LogP contribution in [-0.4, -0.2) is 14.9 Å². The van der Waals surface area contributed by atoms with E-state index in [0.29, 0.717) is 17.8 Å². The van der Waals surface area contributed by atoms with E-state index in [1.54, 1.807) is 0 Å². The molecule has 0 aromatic carbocycles. The van der Waals surface area contributed by atoms with E-state index in [-0.39, 0.29) is 0 Å². The van der Waals surface area contributed by atoms with Crippen LogP contribution in [0.15, 0.2) is 10.7 Å². The van der Waals surface area contributed by atoms with Crippen molar-refractivity contribution in [2.24, 2.45) is 17.8 Å². The van der Waals surface area contributed by atoms with Crippen LogP contribution in [0.3, 0.4) is 0 Å². The summed E-state index contributed by atoms with van der Waals surface area (Å²) >= 11 is 3.58. The van der Waals surface area contributed by atoms with Crippen LogP contribution in [0.5, 0.6) is 0 Å². The predicted octanol–water partition coefficient (Wildman–Crippen LogP) is 3.95. The first kappa shape index (κ1) is 15.0. The van der Waals surface area contributed by atoms with Crippen LogP contribution in [0, 0.1) is 17.8 Å². The van der Waals surface area contributed by atoms with Gasteiger partial charge in [-0.15, -0.1) is 0 Å². The van der Waals surface area contributed by atoms with Crippen LogP contribution in [0.4, 0.5) is 0 Å². The molecule has 1 fully saturated rings. The molecule has 1 N–H and O–H groups in total. The minimum atomic E-state index is -0.753. The highest BCUT2D eigenvalue weighted by Crippen LogP contribution is 2.48. The third kappa shape index (κ3) is 2.62. The predicted molar refractivity (Wildman–Crippen MR) is 80.8 cm³/mol. The fourth-order valence-electron chi connectivity index (χ4n) is 3.68. The SMILES string of the molecule is CCn1ncc(Br)c1C1(O)CC(C)CCC1C(C)C. The zero-order valence-electron chi connectivity index (χ0n) is 12.4. The van der Waals surface area contributed by atoms with Crippen LogP contribution >= 0.6 is 15.9 Å². The molecule has 2 rings (SSSR count). The summed E-state index contributed by atoms with van der Waals surface area (Å²) in [6.07, 6.45) is 4.95. The van der Waals surface area contributed by atoms with E-state index in [1.165, 1.54) is 6.42 Å². The van der Waals surface area contributed by atoms with Gasteiger partial charge < -0.3 is 5.11 Å². The highest BCUT2D eigenvalue weighted by Gasteiger charge is 2.47. The van der Waals surface area contributed by atoms with Gasteiger partial charge in [-0.05, 0) is 53.4 Å². The Balaban J connectivity index is 2.49. The lowest BCUT2D eigenvalue weighted by Gasteiger charge is -2.45. The minimum Gasteiger partial charge on any atom is -0.383 e. The second-order valence-electron chi connectivity index (χ2n) is 6.32. The normalized spacial score (nSPS) is 31.9. The van der Waals surface area contributed by atoms with Gasteiger partial charge in [0.15, 0.2) is 0 Å². The molecule has 0 aliphatic heterocycles. The molecule has 4 heteroatoms. The lowest BCUT2D eigenvalue weighted by Crippen LogP contribution is -2.44. The van der Waals surface area contributed by atoms with Crippen LogP contribution in [0.2, 0.25) is 0 Å². The quantitative estimate of drug-likeness (QED) is 0.912. The van der Waals surface area contributed by atoms with Crippen molar-refractivity contribution < 1.29 is 5.11 Å². The Hall–Kier alpha value is -0.350. The molecule has 1 aromatic heterocycles. The molecule has 0 spiro atoms. The molecule has 3 unspecified atom stereocenters. The molecule has 1 aliphatic carbocycles. The van der Waals surface area contributed by atoms with Gasteiger partial charge in [-0.25, -0.2) is 0 Å².